The number of nitrogens with zero attached hydrogens (tertiary/aromatic N) is 2. The van der Waals surface area contributed by atoms with Gasteiger partial charge in [0.25, 0.3) is 0 Å². The molecule has 1 heterocycles. The van der Waals surface area contributed by atoms with Crippen LogP contribution in [0.1, 0.15) is 18.4 Å². The molecule has 21 heavy (non-hydrogen) atoms. The van der Waals surface area contributed by atoms with Crippen LogP contribution in [-0.4, -0.2) is 31.2 Å². The van der Waals surface area contributed by atoms with Gasteiger partial charge in [0.15, 0.2) is 14.6 Å². The maximum atomic E-state index is 12.0. The van der Waals surface area contributed by atoms with E-state index in [0.29, 0.717) is 0 Å². The average molecular weight is 369 g/mol. The highest BCUT2D eigenvalue weighted by Crippen LogP contribution is 2.45. The quantitative estimate of drug-likeness (QED) is 0.801. The molecule has 0 aromatic heterocycles. The lowest BCUT2D eigenvalue weighted by molar-refractivity contribution is 0.0736. The van der Waals surface area contributed by atoms with Gasteiger partial charge in [-0.25, -0.2) is 8.42 Å². The van der Waals surface area contributed by atoms with Crippen molar-refractivity contribution in [1.29, 1.82) is 5.26 Å². The van der Waals surface area contributed by atoms with E-state index in [1.54, 1.807) is 0 Å². The Morgan fingerprint density at radius 2 is 2.24 bits per heavy atom. The summed E-state index contributed by atoms with van der Waals surface area (Å²) in [5.41, 5.74) is 1.61. The van der Waals surface area contributed by atoms with E-state index in [1.165, 1.54) is 0 Å². The van der Waals surface area contributed by atoms with Crippen molar-refractivity contribution in [2.24, 2.45) is 11.1 Å². The summed E-state index contributed by atoms with van der Waals surface area (Å²) in [4.78, 5) is 5.39. The molecule has 0 bridgehead atoms. The van der Waals surface area contributed by atoms with Gasteiger partial charge in [-0.15, -0.1) is 0 Å². The Bertz CT molecular complexity index is 769. The van der Waals surface area contributed by atoms with Gasteiger partial charge in [0, 0.05) is 28.6 Å². The van der Waals surface area contributed by atoms with Crippen molar-refractivity contribution in [2.45, 2.75) is 23.7 Å². The van der Waals surface area contributed by atoms with Gasteiger partial charge in [-0.2, -0.15) is 5.26 Å². The van der Waals surface area contributed by atoms with E-state index in [2.05, 4.69) is 21.1 Å². The molecule has 1 fully saturated rings. The summed E-state index contributed by atoms with van der Waals surface area (Å²) in [5.74, 6) is -0.159. The van der Waals surface area contributed by atoms with E-state index < -0.39 is 14.6 Å². The molecule has 110 valence electrons. The normalized spacial score (nSPS) is 31.2. The first-order valence-electron chi connectivity index (χ1n) is 6.47. The van der Waals surface area contributed by atoms with Crippen LogP contribution in [0.2, 0.25) is 0 Å². The summed E-state index contributed by atoms with van der Waals surface area (Å²) in [6.45, 7) is 0. The van der Waals surface area contributed by atoms with Gasteiger partial charge in [0.1, 0.15) is 6.10 Å². The van der Waals surface area contributed by atoms with Crippen LogP contribution in [0.25, 0.3) is 0 Å². The molecule has 0 saturated heterocycles. The first-order valence-corrected chi connectivity index (χ1v) is 9.15. The molecule has 5 nitrogen and oxygen atoms in total. The topological polar surface area (TPSA) is 79.5 Å². The van der Waals surface area contributed by atoms with Crippen molar-refractivity contribution in [2.75, 3.05) is 6.26 Å². The predicted octanol–water partition coefficient (Wildman–Crippen LogP) is 2.27. The highest BCUT2D eigenvalue weighted by Gasteiger charge is 2.57. The van der Waals surface area contributed by atoms with Crippen LogP contribution in [0.5, 0.6) is 0 Å². The van der Waals surface area contributed by atoms with Gasteiger partial charge >= 0.3 is 0 Å². The number of benzene rings is 1. The maximum absolute atomic E-state index is 12.0. The molecule has 1 aliphatic heterocycles. The van der Waals surface area contributed by atoms with Crippen LogP contribution < -0.4 is 0 Å². The van der Waals surface area contributed by atoms with Gasteiger partial charge < -0.3 is 4.84 Å². The maximum Gasteiger partial charge on any atom is 0.166 e. The zero-order chi connectivity index (χ0) is 15.3. The van der Waals surface area contributed by atoms with Crippen molar-refractivity contribution in [1.82, 2.24) is 0 Å². The largest absolute Gasteiger partial charge is 0.391 e. The van der Waals surface area contributed by atoms with Crippen LogP contribution in [-0.2, 0) is 14.7 Å². The summed E-state index contributed by atoms with van der Waals surface area (Å²) >= 11 is 3.41. The molecule has 0 spiro atoms. The second kappa shape index (κ2) is 4.82. The number of sulfone groups is 1. The lowest BCUT2D eigenvalue weighted by Gasteiger charge is -2.18. The Hall–Kier alpha value is -1.39. The Labute approximate surface area is 131 Å². The fourth-order valence-corrected chi connectivity index (χ4v) is 4.52. The second-order valence-electron chi connectivity index (χ2n) is 5.52. The summed E-state index contributed by atoms with van der Waals surface area (Å²) in [5, 5.41) is 13.5. The van der Waals surface area contributed by atoms with Gasteiger partial charge in [-0.05, 0) is 18.6 Å². The lowest BCUT2D eigenvalue weighted by atomic mass is 9.94. The van der Waals surface area contributed by atoms with Crippen molar-refractivity contribution in [3.63, 3.8) is 0 Å². The number of fused-ring (bicyclic) bond motifs is 1. The Morgan fingerprint density at radius 3 is 2.86 bits per heavy atom. The van der Waals surface area contributed by atoms with E-state index in [-0.39, 0.29) is 24.9 Å². The van der Waals surface area contributed by atoms with Gasteiger partial charge in [0.2, 0.25) is 0 Å². The molecule has 0 amide bonds. The van der Waals surface area contributed by atoms with E-state index in [4.69, 9.17) is 4.84 Å². The summed E-state index contributed by atoms with van der Waals surface area (Å²) < 4.78 is 23.5. The highest BCUT2D eigenvalue weighted by molar-refractivity contribution is 9.10. The minimum absolute atomic E-state index is 0.159. The number of rotatable bonds is 2. The summed E-state index contributed by atoms with van der Waals surface area (Å²) in [6, 6.07) is 9.61. The fourth-order valence-electron chi connectivity index (χ4n) is 3.00. The molecule has 0 N–H and O–H groups in total. The number of nitriles is 1. The molecule has 1 saturated carbocycles. The van der Waals surface area contributed by atoms with Crippen molar-refractivity contribution < 1.29 is 13.3 Å². The number of oxime groups is 1. The molecule has 2 aliphatic rings. The highest BCUT2D eigenvalue weighted by atomic mass is 79.9. The number of hydrogen-bond donors (Lipinski definition) is 0. The third-order valence-corrected chi connectivity index (χ3v) is 6.54. The molecule has 3 atom stereocenters. The molecule has 3 rings (SSSR count). The van der Waals surface area contributed by atoms with Gasteiger partial charge in [-0.1, -0.05) is 33.2 Å². The summed E-state index contributed by atoms with van der Waals surface area (Å²) in [6.07, 6.45) is 1.19. The first-order chi connectivity index (χ1) is 9.86. The standard InChI is InChI=1S/C14H13BrN2O3S/c1-21(18,19)14(8-16)6-11-12(7-14)20-17-13(11)9-3-2-4-10(15)5-9/h2-5,11-12H,6-7H2,1H3/t11-,12+,14-/m0/s1. The van der Waals surface area contributed by atoms with Crippen LogP contribution >= 0.6 is 15.9 Å². The van der Waals surface area contributed by atoms with Crippen LogP contribution in [0.4, 0.5) is 0 Å². The first kappa shape index (κ1) is 14.5. The Morgan fingerprint density at radius 1 is 1.48 bits per heavy atom. The van der Waals surface area contributed by atoms with Crippen molar-refractivity contribution >= 4 is 31.5 Å². The molecular weight excluding hydrogens is 356 g/mol. The third-order valence-electron chi connectivity index (χ3n) is 4.20. The number of hydrogen-bond acceptors (Lipinski definition) is 5. The Kier molecular flexibility index (Phi) is 3.34. The van der Waals surface area contributed by atoms with Crippen LogP contribution in [0, 0.1) is 17.2 Å². The second-order valence-corrected chi connectivity index (χ2v) is 8.77. The van der Waals surface area contributed by atoms with E-state index >= 15 is 0 Å². The lowest BCUT2D eigenvalue weighted by Crippen LogP contribution is -2.34. The minimum atomic E-state index is -3.48. The summed E-state index contributed by atoms with van der Waals surface area (Å²) in [7, 11) is -3.48. The van der Waals surface area contributed by atoms with Gasteiger partial charge in [-0.3, -0.25) is 0 Å². The molecule has 1 aromatic rings. The van der Waals surface area contributed by atoms with Gasteiger partial charge in [0.05, 0.1) is 11.8 Å². The Balaban J connectivity index is 1.96. The van der Waals surface area contributed by atoms with E-state index in [9.17, 15) is 13.7 Å². The fraction of sp³-hybridized carbons (Fsp3) is 0.429. The zero-order valence-electron chi connectivity index (χ0n) is 11.3. The molecule has 0 unspecified atom stereocenters. The molecule has 7 heteroatoms. The molecule has 0 radical (unpaired) electrons. The van der Waals surface area contributed by atoms with Crippen molar-refractivity contribution in [3.8, 4) is 6.07 Å². The van der Waals surface area contributed by atoms with Crippen molar-refractivity contribution in [3.05, 3.63) is 34.3 Å². The number of halogens is 1. The zero-order valence-corrected chi connectivity index (χ0v) is 13.7. The molecular formula is C14H13BrN2O3S. The monoisotopic (exact) mass is 368 g/mol. The molecule has 1 aromatic carbocycles. The third kappa shape index (κ3) is 2.27. The van der Waals surface area contributed by atoms with Crippen LogP contribution in [0.15, 0.2) is 33.9 Å². The average Bonchev–Trinajstić information content (AvgIpc) is 2.95. The smallest absolute Gasteiger partial charge is 0.166 e. The predicted molar refractivity (Wildman–Crippen MR) is 81.5 cm³/mol. The van der Waals surface area contributed by atoms with E-state index in [1.807, 2.05) is 30.3 Å². The SMILES string of the molecule is CS(=O)(=O)[C@@]1(C#N)C[C@@H]2C(c3cccc(Br)c3)=NO[C@@H]2C1. The molecule has 1 aliphatic carbocycles. The minimum Gasteiger partial charge on any atom is -0.391 e. The van der Waals surface area contributed by atoms with E-state index in [0.717, 1.165) is 22.0 Å². The van der Waals surface area contributed by atoms with Crippen LogP contribution in [0.3, 0.4) is 0 Å².